The Hall–Kier alpha value is -2.36. The molecule has 0 atom stereocenters. The lowest BCUT2D eigenvalue weighted by Gasteiger charge is -2.09. The highest BCUT2D eigenvalue weighted by atomic mass is 19.1. The molecule has 92 valence electrons. The highest BCUT2D eigenvalue weighted by molar-refractivity contribution is 5.55. The summed E-state index contributed by atoms with van der Waals surface area (Å²) in [5, 5.41) is 0. The van der Waals surface area contributed by atoms with Crippen molar-refractivity contribution < 1.29 is 9.13 Å². The van der Waals surface area contributed by atoms with Gasteiger partial charge in [-0.15, -0.1) is 0 Å². The van der Waals surface area contributed by atoms with E-state index in [-0.39, 0.29) is 0 Å². The van der Waals surface area contributed by atoms with Gasteiger partial charge in [0.05, 0.1) is 6.20 Å². The molecule has 1 aromatic heterocycles. The molecule has 1 heterocycles. The Bertz CT molecular complexity index is 523. The molecule has 2 rings (SSSR count). The molecule has 0 saturated heterocycles. The summed E-state index contributed by atoms with van der Waals surface area (Å²) in [6.45, 7) is 0.392. The predicted molar refractivity (Wildman–Crippen MR) is 67.6 cm³/mol. The maximum absolute atomic E-state index is 12.8. The molecule has 2 aromatic rings. The third kappa shape index (κ3) is 3.07. The summed E-state index contributed by atoms with van der Waals surface area (Å²) >= 11 is 0. The predicted octanol–water partition coefficient (Wildman–Crippen LogP) is 2.69. The van der Waals surface area contributed by atoms with Gasteiger partial charge < -0.3 is 10.5 Å². The van der Waals surface area contributed by atoms with Crippen LogP contribution in [0, 0.1) is 5.82 Å². The van der Waals surface area contributed by atoms with Crippen molar-refractivity contribution >= 4 is 5.76 Å². The van der Waals surface area contributed by atoms with Crippen molar-refractivity contribution in [2.75, 3.05) is 0 Å². The SMILES string of the molecule is N/C=C(/OCc1ccccc1)c1ccc(F)cn1. The van der Waals surface area contributed by atoms with Crippen LogP contribution in [0.4, 0.5) is 4.39 Å². The number of nitrogens with zero attached hydrogens (tertiary/aromatic N) is 1. The number of hydrogen-bond acceptors (Lipinski definition) is 3. The zero-order valence-corrected chi connectivity index (χ0v) is 9.71. The van der Waals surface area contributed by atoms with Gasteiger partial charge in [-0.2, -0.15) is 0 Å². The van der Waals surface area contributed by atoms with Crippen LogP contribution in [0.3, 0.4) is 0 Å². The third-order valence-corrected chi connectivity index (χ3v) is 2.37. The van der Waals surface area contributed by atoms with Gasteiger partial charge in [0.25, 0.3) is 0 Å². The van der Waals surface area contributed by atoms with Gasteiger partial charge in [0.15, 0.2) is 5.76 Å². The molecule has 4 heteroatoms. The summed E-state index contributed by atoms with van der Waals surface area (Å²) in [7, 11) is 0. The van der Waals surface area contributed by atoms with E-state index < -0.39 is 5.82 Å². The summed E-state index contributed by atoms with van der Waals surface area (Å²) in [6.07, 6.45) is 2.45. The van der Waals surface area contributed by atoms with E-state index in [0.717, 1.165) is 11.8 Å². The van der Waals surface area contributed by atoms with Crippen molar-refractivity contribution in [2.45, 2.75) is 6.61 Å². The van der Waals surface area contributed by atoms with E-state index >= 15 is 0 Å². The van der Waals surface area contributed by atoms with Crippen molar-refractivity contribution in [3.8, 4) is 0 Å². The van der Waals surface area contributed by atoms with Gasteiger partial charge in [0.1, 0.15) is 18.1 Å². The van der Waals surface area contributed by atoms with E-state index in [9.17, 15) is 4.39 Å². The summed E-state index contributed by atoms with van der Waals surface area (Å²) < 4.78 is 18.3. The molecule has 0 bridgehead atoms. The van der Waals surface area contributed by atoms with Gasteiger partial charge >= 0.3 is 0 Å². The lowest BCUT2D eigenvalue weighted by molar-refractivity contribution is 0.262. The number of nitrogens with two attached hydrogens (primary N) is 1. The molecule has 0 aliphatic heterocycles. The standard InChI is InChI=1S/C14H13FN2O/c15-12-6-7-13(17-9-12)14(8-16)18-10-11-4-2-1-3-5-11/h1-9H,10,16H2/b14-8+. The molecule has 0 aliphatic rings. The quantitative estimate of drug-likeness (QED) is 0.841. The van der Waals surface area contributed by atoms with E-state index in [4.69, 9.17) is 10.5 Å². The van der Waals surface area contributed by atoms with Gasteiger partial charge in [0.2, 0.25) is 0 Å². The van der Waals surface area contributed by atoms with Crippen LogP contribution in [0.2, 0.25) is 0 Å². The first-order valence-corrected chi connectivity index (χ1v) is 5.50. The van der Waals surface area contributed by atoms with Crippen LogP contribution in [0.15, 0.2) is 54.9 Å². The molecule has 0 fully saturated rings. The molecule has 1 aromatic carbocycles. The molecule has 0 aliphatic carbocycles. The largest absolute Gasteiger partial charge is 0.485 e. The Balaban J connectivity index is 2.05. The van der Waals surface area contributed by atoms with E-state index in [0.29, 0.717) is 18.1 Å². The molecule has 3 nitrogen and oxygen atoms in total. The van der Waals surface area contributed by atoms with Gasteiger partial charge in [-0.05, 0) is 17.7 Å². The fraction of sp³-hybridized carbons (Fsp3) is 0.0714. The molecule has 2 N–H and O–H groups in total. The lowest BCUT2D eigenvalue weighted by atomic mass is 10.2. The highest BCUT2D eigenvalue weighted by Crippen LogP contribution is 2.14. The van der Waals surface area contributed by atoms with Crippen molar-refractivity contribution in [3.05, 3.63) is 71.9 Å². The van der Waals surface area contributed by atoms with Crippen LogP contribution in [0.1, 0.15) is 11.3 Å². The second-order valence-corrected chi connectivity index (χ2v) is 3.67. The number of rotatable bonds is 4. The zero-order chi connectivity index (χ0) is 12.8. The maximum atomic E-state index is 12.8. The van der Waals surface area contributed by atoms with Gasteiger partial charge in [0, 0.05) is 6.20 Å². The molecule has 0 saturated carbocycles. The minimum Gasteiger partial charge on any atom is -0.485 e. The van der Waals surface area contributed by atoms with Gasteiger partial charge in [-0.1, -0.05) is 30.3 Å². The van der Waals surface area contributed by atoms with Crippen molar-refractivity contribution in [1.82, 2.24) is 4.98 Å². The molecular weight excluding hydrogens is 231 g/mol. The van der Waals surface area contributed by atoms with Crippen LogP contribution in [0.5, 0.6) is 0 Å². The average Bonchev–Trinajstić information content (AvgIpc) is 2.42. The Morgan fingerprint density at radius 1 is 1.22 bits per heavy atom. The molecule has 0 amide bonds. The zero-order valence-electron chi connectivity index (χ0n) is 9.71. The van der Waals surface area contributed by atoms with Crippen LogP contribution < -0.4 is 5.73 Å². The number of halogens is 1. The van der Waals surface area contributed by atoms with Crippen molar-refractivity contribution in [1.29, 1.82) is 0 Å². The molecule has 18 heavy (non-hydrogen) atoms. The second kappa shape index (κ2) is 5.82. The van der Waals surface area contributed by atoms with E-state index in [1.54, 1.807) is 0 Å². The average molecular weight is 244 g/mol. The second-order valence-electron chi connectivity index (χ2n) is 3.67. The van der Waals surface area contributed by atoms with Crippen LogP contribution in [-0.2, 0) is 11.3 Å². The van der Waals surface area contributed by atoms with Gasteiger partial charge in [-0.3, -0.25) is 0 Å². The number of ether oxygens (including phenoxy) is 1. The highest BCUT2D eigenvalue weighted by Gasteiger charge is 2.04. The van der Waals surface area contributed by atoms with E-state index in [1.807, 2.05) is 30.3 Å². The van der Waals surface area contributed by atoms with Crippen LogP contribution >= 0.6 is 0 Å². The first-order valence-electron chi connectivity index (χ1n) is 5.50. The fourth-order valence-electron chi connectivity index (χ4n) is 1.46. The summed E-state index contributed by atoms with van der Waals surface area (Å²) in [5.41, 5.74) is 7.02. The van der Waals surface area contributed by atoms with Crippen molar-refractivity contribution in [2.24, 2.45) is 5.73 Å². The number of hydrogen-bond donors (Lipinski definition) is 1. The summed E-state index contributed by atoms with van der Waals surface area (Å²) in [4.78, 5) is 3.91. The monoisotopic (exact) mass is 244 g/mol. The Labute approximate surface area is 105 Å². The van der Waals surface area contributed by atoms with E-state index in [2.05, 4.69) is 4.98 Å². The topological polar surface area (TPSA) is 48.1 Å². The van der Waals surface area contributed by atoms with Crippen LogP contribution in [-0.4, -0.2) is 4.98 Å². The molecule has 0 unspecified atom stereocenters. The smallest absolute Gasteiger partial charge is 0.160 e. The lowest BCUT2D eigenvalue weighted by Crippen LogP contribution is -1.99. The normalized spacial score (nSPS) is 11.3. The first kappa shape index (κ1) is 12.1. The molecule has 0 radical (unpaired) electrons. The Morgan fingerprint density at radius 3 is 2.61 bits per heavy atom. The minimum absolute atomic E-state index is 0.391. The Morgan fingerprint density at radius 2 is 2.00 bits per heavy atom. The van der Waals surface area contributed by atoms with E-state index in [1.165, 1.54) is 18.3 Å². The van der Waals surface area contributed by atoms with Gasteiger partial charge in [-0.25, -0.2) is 9.37 Å². The fourth-order valence-corrected chi connectivity index (χ4v) is 1.46. The summed E-state index contributed by atoms with van der Waals surface area (Å²) in [5.74, 6) is 0.0389. The van der Waals surface area contributed by atoms with Crippen LogP contribution in [0.25, 0.3) is 5.76 Å². The number of benzene rings is 1. The molecule has 0 spiro atoms. The molecular formula is C14H13FN2O. The third-order valence-electron chi connectivity index (χ3n) is 2.37. The number of pyridine rings is 1. The summed E-state index contributed by atoms with van der Waals surface area (Å²) in [6, 6.07) is 12.5. The Kier molecular flexibility index (Phi) is 3.91. The minimum atomic E-state index is -0.391. The van der Waals surface area contributed by atoms with Crippen molar-refractivity contribution in [3.63, 3.8) is 0 Å². The maximum Gasteiger partial charge on any atom is 0.160 e. The first-order chi connectivity index (χ1) is 8.79. The number of aromatic nitrogens is 1.